The van der Waals surface area contributed by atoms with E-state index in [-0.39, 0.29) is 38.6 Å². The first kappa shape index (κ1) is 74.7. The Labute approximate surface area is 485 Å². The fourth-order valence-electron chi connectivity index (χ4n) is 8.39. The molecule has 0 spiro atoms. The van der Waals surface area contributed by atoms with Crippen LogP contribution in [0.25, 0.3) is 0 Å². The molecule has 0 aliphatic carbocycles. The van der Waals surface area contributed by atoms with Crippen molar-refractivity contribution in [2.24, 2.45) is 0 Å². The molecule has 0 aromatic heterocycles. The van der Waals surface area contributed by atoms with Crippen LogP contribution >= 0.6 is 0 Å². The molecule has 2 atom stereocenters. The normalized spacial score (nSPS) is 13.6. The Bertz CT molecular complexity index is 1710. The van der Waals surface area contributed by atoms with Crippen LogP contribution in [0.15, 0.2) is 122 Å². The van der Waals surface area contributed by atoms with E-state index in [9.17, 15) is 19.5 Å². The summed E-state index contributed by atoms with van der Waals surface area (Å²) >= 11 is 0. The second-order valence-electron chi connectivity index (χ2n) is 22.0. The summed E-state index contributed by atoms with van der Waals surface area (Å²) in [6.45, 7) is 4.62. The smallest absolute Gasteiger partial charge is 0.306 e. The minimum atomic E-state index is -1.63. The van der Waals surface area contributed by atoms with E-state index in [2.05, 4.69) is 135 Å². The van der Waals surface area contributed by atoms with Gasteiger partial charge in [-0.25, -0.2) is 0 Å². The van der Waals surface area contributed by atoms with Crippen LogP contribution in [0, 0.1) is 0 Å². The third kappa shape index (κ3) is 61.2. The number of aliphatic carboxylic acids is 1. The third-order valence-corrected chi connectivity index (χ3v) is 13.2. The van der Waals surface area contributed by atoms with Gasteiger partial charge in [0, 0.05) is 12.8 Å². The summed E-state index contributed by atoms with van der Waals surface area (Å²) in [6, 6.07) is 0. The van der Waals surface area contributed by atoms with E-state index >= 15 is 0 Å². The maximum absolute atomic E-state index is 12.9. The molecular formula is C70H117NO8. The first-order valence-corrected chi connectivity index (χ1v) is 31.7. The summed E-state index contributed by atoms with van der Waals surface area (Å²) in [6.07, 6.45) is 81.2. The van der Waals surface area contributed by atoms with Crippen molar-refractivity contribution in [3.05, 3.63) is 122 Å². The molecule has 79 heavy (non-hydrogen) atoms. The third-order valence-electron chi connectivity index (χ3n) is 13.2. The van der Waals surface area contributed by atoms with Gasteiger partial charge in [-0.1, -0.05) is 264 Å². The maximum atomic E-state index is 12.9. The second kappa shape index (κ2) is 59.8. The Morgan fingerprint density at radius 2 is 0.722 bits per heavy atom. The van der Waals surface area contributed by atoms with Gasteiger partial charge in [-0.2, -0.15) is 0 Å². The van der Waals surface area contributed by atoms with Crippen LogP contribution in [0.2, 0.25) is 0 Å². The minimum Gasteiger partial charge on any atom is -0.545 e. The molecule has 0 N–H and O–H groups in total. The largest absolute Gasteiger partial charge is 0.545 e. The molecule has 0 rings (SSSR count). The molecule has 0 bridgehead atoms. The van der Waals surface area contributed by atoms with Crippen molar-refractivity contribution in [3.8, 4) is 0 Å². The molecular weight excluding hydrogens is 983 g/mol. The van der Waals surface area contributed by atoms with E-state index in [1.807, 2.05) is 21.1 Å². The van der Waals surface area contributed by atoms with Gasteiger partial charge in [0.1, 0.15) is 13.2 Å². The molecule has 0 aliphatic rings. The number of hydrogen-bond donors (Lipinski definition) is 0. The van der Waals surface area contributed by atoms with Crippen LogP contribution in [-0.4, -0.2) is 82.3 Å². The Morgan fingerprint density at radius 3 is 1.08 bits per heavy atom. The monoisotopic (exact) mass is 1100 g/mol. The lowest BCUT2D eigenvalue weighted by molar-refractivity contribution is -0.870. The van der Waals surface area contributed by atoms with Gasteiger partial charge in [0.25, 0.3) is 0 Å². The van der Waals surface area contributed by atoms with Gasteiger partial charge in [-0.15, -0.1) is 0 Å². The number of unbranched alkanes of at least 4 members (excludes halogenated alkanes) is 22. The van der Waals surface area contributed by atoms with Gasteiger partial charge in [0.15, 0.2) is 12.4 Å². The number of ether oxygens (including phenoxy) is 4. The van der Waals surface area contributed by atoms with Gasteiger partial charge in [-0.3, -0.25) is 9.59 Å². The number of rotatable bonds is 57. The Hall–Kier alpha value is -4.31. The summed E-state index contributed by atoms with van der Waals surface area (Å²) in [4.78, 5) is 37.3. The number of carboxylic acids is 1. The summed E-state index contributed by atoms with van der Waals surface area (Å²) in [5, 5.41) is 11.8. The van der Waals surface area contributed by atoms with Gasteiger partial charge >= 0.3 is 11.9 Å². The molecule has 0 aromatic rings. The van der Waals surface area contributed by atoms with Crippen molar-refractivity contribution in [1.82, 2.24) is 0 Å². The lowest BCUT2D eigenvalue weighted by Gasteiger charge is -2.26. The number of carbonyl (C=O) groups excluding carboxylic acids is 3. The number of nitrogens with zero attached hydrogens (tertiary/aromatic N) is 1. The van der Waals surface area contributed by atoms with Gasteiger partial charge in [0.05, 0.1) is 40.3 Å². The highest BCUT2D eigenvalue weighted by atomic mass is 16.7. The van der Waals surface area contributed by atoms with Crippen LogP contribution in [0.3, 0.4) is 0 Å². The van der Waals surface area contributed by atoms with Crippen molar-refractivity contribution in [2.45, 2.75) is 257 Å². The number of hydrogen-bond acceptors (Lipinski definition) is 8. The lowest BCUT2D eigenvalue weighted by Crippen LogP contribution is -2.44. The zero-order valence-corrected chi connectivity index (χ0v) is 51.2. The van der Waals surface area contributed by atoms with Crippen LogP contribution in [0.1, 0.15) is 245 Å². The molecule has 0 heterocycles. The molecule has 0 radical (unpaired) electrons. The zero-order valence-electron chi connectivity index (χ0n) is 51.2. The quantitative estimate of drug-likeness (QED) is 0.0195. The molecule has 0 saturated heterocycles. The molecule has 9 nitrogen and oxygen atoms in total. The predicted molar refractivity (Wildman–Crippen MR) is 333 cm³/mol. The Balaban J connectivity index is 4.11. The van der Waals surface area contributed by atoms with Gasteiger partial charge in [0.2, 0.25) is 0 Å². The highest BCUT2D eigenvalue weighted by Gasteiger charge is 2.22. The lowest BCUT2D eigenvalue weighted by atomic mass is 10.0. The van der Waals surface area contributed by atoms with Crippen LogP contribution in [0.4, 0.5) is 0 Å². The molecule has 0 aromatic carbocycles. The SMILES string of the molecule is CC/C=C\C/C=C\C/C=C\C/C=C\C/C=C\C/C=C\C/C=C\C/C=C\C/C=C\C/C=C\CCCCCCCCCCCCC(=O)OC(COC(=O)CCCCCCCCCCCCCCC)COC(OCC[N+](C)(C)C)C(=O)[O-]. The molecule has 450 valence electrons. The molecule has 2 unspecified atom stereocenters. The van der Waals surface area contributed by atoms with E-state index in [1.54, 1.807) is 0 Å². The van der Waals surface area contributed by atoms with E-state index in [0.717, 1.165) is 109 Å². The van der Waals surface area contributed by atoms with E-state index in [0.29, 0.717) is 17.4 Å². The molecule has 0 fully saturated rings. The minimum absolute atomic E-state index is 0.143. The van der Waals surface area contributed by atoms with Crippen LogP contribution in [0.5, 0.6) is 0 Å². The predicted octanol–water partition coefficient (Wildman–Crippen LogP) is 17.9. The summed E-state index contributed by atoms with van der Waals surface area (Å²) in [5.41, 5.74) is 0. The van der Waals surface area contributed by atoms with E-state index in [1.165, 1.54) is 103 Å². The van der Waals surface area contributed by atoms with Crippen molar-refractivity contribution in [1.29, 1.82) is 0 Å². The average molecular weight is 1100 g/mol. The summed E-state index contributed by atoms with van der Waals surface area (Å²) < 4.78 is 22.7. The number of likely N-dealkylation sites (N-methyl/N-ethyl adjacent to an activating group) is 1. The van der Waals surface area contributed by atoms with E-state index < -0.39 is 24.3 Å². The first-order chi connectivity index (χ1) is 38.6. The Morgan fingerprint density at radius 1 is 0.392 bits per heavy atom. The summed E-state index contributed by atoms with van der Waals surface area (Å²) in [5.74, 6) is -2.29. The highest BCUT2D eigenvalue weighted by Crippen LogP contribution is 2.16. The average Bonchev–Trinajstić information content (AvgIpc) is 3.42. The molecule has 0 aliphatic heterocycles. The fraction of sp³-hybridized carbons (Fsp3) is 0.671. The zero-order chi connectivity index (χ0) is 57.6. The number of esters is 2. The Kier molecular flexibility index (Phi) is 56.5. The standard InChI is InChI=1S/C70H117NO8/c1-6-8-10-12-14-16-18-20-21-22-23-24-25-26-27-28-29-30-31-32-33-34-35-36-37-38-39-40-41-42-43-44-45-46-47-49-51-53-55-57-59-61-68(73)79-66(65-78-70(69(74)75)76-63-62-71(3,4)5)64-77-67(72)60-58-56-54-52-50-48-19-17-15-13-11-9-7-2/h8,10,14,16,20-21,23-24,26-27,29-30,32-33,35-36,38-39,41-42,66,70H,6-7,9,11-13,15,17-19,22,25,28,31,34,37,40,43-65H2,1-5H3/b10-8-,16-14-,21-20-,24-23-,27-26-,30-29-,33-32-,36-35-,39-38-,42-41-. The van der Waals surface area contributed by atoms with Crippen molar-refractivity contribution in [3.63, 3.8) is 0 Å². The number of carbonyl (C=O) groups is 3. The van der Waals surface area contributed by atoms with E-state index in [4.69, 9.17) is 18.9 Å². The fourth-order valence-corrected chi connectivity index (χ4v) is 8.39. The first-order valence-electron chi connectivity index (χ1n) is 31.7. The van der Waals surface area contributed by atoms with Crippen molar-refractivity contribution < 1.29 is 42.9 Å². The van der Waals surface area contributed by atoms with Crippen molar-refractivity contribution in [2.75, 3.05) is 47.5 Å². The maximum Gasteiger partial charge on any atom is 0.306 e. The van der Waals surface area contributed by atoms with Gasteiger partial charge in [-0.05, 0) is 89.9 Å². The van der Waals surface area contributed by atoms with Crippen molar-refractivity contribution >= 4 is 17.9 Å². The van der Waals surface area contributed by atoms with Crippen LogP contribution in [-0.2, 0) is 33.3 Å². The number of quaternary nitrogens is 1. The second-order valence-corrected chi connectivity index (χ2v) is 22.0. The molecule has 9 heteroatoms. The summed E-state index contributed by atoms with van der Waals surface area (Å²) in [7, 11) is 5.92. The highest BCUT2D eigenvalue weighted by molar-refractivity contribution is 5.70. The van der Waals surface area contributed by atoms with Crippen LogP contribution < -0.4 is 5.11 Å². The molecule has 0 saturated carbocycles. The number of carboxylic acid groups (broad SMARTS) is 1. The van der Waals surface area contributed by atoms with Gasteiger partial charge < -0.3 is 33.3 Å². The number of allylic oxidation sites excluding steroid dienone is 20. The topological polar surface area (TPSA) is 111 Å². The molecule has 0 amide bonds.